The van der Waals surface area contributed by atoms with Gasteiger partial charge >= 0.3 is 0 Å². The van der Waals surface area contributed by atoms with Gasteiger partial charge in [0.1, 0.15) is 5.75 Å². The first kappa shape index (κ1) is 13.4. The average molecular weight is 249 g/mol. The van der Waals surface area contributed by atoms with Gasteiger partial charge in [-0.25, -0.2) is 0 Å². The van der Waals surface area contributed by atoms with Crippen molar-refractivity contribution in [2.24, 2.45) is 0 Å². The predicted octanol–water partition coefficient (Wildman–Crippen LogP) is 2.74. The molecule has 1 unspecified atom stereocenters. The van der Waals surface area contributed by atoms with E-state index in [1.165, 1.54) is 19.3 Å². The number of methoxy groups -OCH3 is 1. The minimum absolute atomic E-state index is 0.640. The van der Waals surface area contributed by atoms with E-state index in [-0.39, 0.29) is 0 Å². The zero-order chi connectivity index (χ0) is 12.6. The molecule has 0 saturated carbocycles. The van der Waals surface area contributed by atoms with Crippen LogP contribution in [-0.2, 0) is 11.3 Å². The summed E-state index contributed by atoms with van der Waals surface area (Å²) < 4.78 is 10.9. The number of rotatable bonds is 6. The summed E-state index contributed by atoms with van der Waals surface area (Å²) in [7, 11) is 1.71. The second-order valence-corrected chi connectivity index (χ2v) is 4.86. The topological polar surface area (TPSA) is 30.5 Å². The van der Waals surface area contributed by atoms with Crippen molar-refractivity contribution in [3.8, 4) is 5.75 Å². The van der Waals surface area contributed by atoms with Gasteiger partial charge in [-0.1, -0.05) is 18.6 Å². The molecule has 1 N–H and O–H groups in total. The predicted molar refractivity (Wildman–Crippen MR) is 72.9 cm³/mol. The monoisotopic (exact) mass is 249 g/mol. The van der Waals surface area contributed by atoms with Crippen LogP contribution < -0.4 is 10.1 Å². The van der Waals surface area contributed by atoms with Gasteiger partial charge in [0.05, 0.1) is 13.2 Å². The van der Waals surface area contributed by atoms with Gasteiger partial charge in [0.2, 0.25) is 0 Å². The molecule has 3 heteroatoms. The van der Waals surface area contributed by atoms with Crippen LogP contribution >= 0.6 is 0 Å². The summed E-state index contributed by atoms with van der Waals surface area (Å²) in [5, 5.41) is 3.54. The standard InChI is InChI=1S/C15H23NO2/c1-17-12-13-5-4-7-15(11-13)18-10-8-14-6-2-3-9-16-14/h4-5,7,11,14,16H,2-3,6,8-10,12H2,1H3. The molecule has 0 aromatic heterocycles. The number of piperidine rings is 1. The van der Waals surface area contributed by atoms with E-state index in [0.29, 0.717) is 12.6 Å². The summed E-state index contributed by atoms with van der Waals surface area (Å²) in [5.41, 5.74) is 1.16. The minimum atomic E-state index is 0.640. The highest BCUT2D eigenvalue weighted by atomic mass is 16.5. The van der Waals surface area contributed by atoms with Crippen LogP contribution in [0.5, 0.6) is 5.75 Å². The quantitative estimate of drug-likeness (QED) is 0.841. The molecule has 1 fully saturated rings. The maximum Gasteiger partial charge on any atom is 0.119 e. The molecule has 0 aliphatic carbocycles. The van der Waals surface area contributed by atoms with Gasteiger partial charge in [0.15, 0.2) is 0 Å². The lowest BCUT2D eigenvalue weighted by Crippen LogP contribution is -2.35. The van der Waals surface area contributed by atoms with Crippen molar-refractivity contribution in [3.05, 3.63) is 29.8 Å². The third-order valence-electron chi connectivity index (χ3n) is 3.36. The van der Waals surface area contributed by atoms with E-state index in [1.807, 2.05) is 12.1 Å². The van der Waals surface area contributed by atoms with E-state index in [9.17, 15) is 0 Å². The molecule has 1 atom stereocenters. The average Bonchev–Trinajstić information content (AvgIpc) is 2.41. The molecule has 0 amide bonds. The van der Waals surface area contributed by atoms with Crippen molar-refractivity contribution in [3.63, 3.8) is 0 Å². The van der Waals surface area contributed by atoms with Crippen molar-refractivity contribution in [2.45, 2.75) is 38.3 Å². The minimum Gasteiger partial charge on any atom is -0.494 e. The molecule has 1 aliphatic rings. The summed E-state index contributed by atoms with van der Waals surface area (Å²) in [6, 6.07) is 8.77. The first-order valence-corrected chi connectivity index (χ1v) is 6.82. The van der Waals surface area contributed by atoms with E-state index in [1.54, 1.807) is 7.11 Å². The summed E-state index contributed by atoms with van der Waals surface area (Å²) in [4.78, 5) is 0. The molecule has 100 valence electrons. The number of ether oxygens (including phenoxy) is 2. The highest BCUT2D eigenvalue weighted by molar-refractivity contribution is 5.28. The third-order valence-corrected chi connectivity index (χ3v) is 3.36. The molecule has 1 aliphatic heterocycles. The SMILES string of the molecule is COCc1cccc(OCCC2CCCCN2)c1. The normalized spacial score (nSPS) is 19.7. The smallest absolute Gasteiger partial charge is 0.119 e. The maximum absolute atomic E-state index is 5.80. The molecule has 1 saturated heterocycles. The number of benzene rings is 1. The van der Waals surface area contributed by atoms with Gasteiger partial charge in [-0.2, -0.15) is 0 Å². The lowest BCUT2D eigenvalue weighted by Gasteiger charge is -2.23. The van der Waals surface area contributed by atoms with E-state index in [4.69, 9.17) is 9.47 Å². The lowest BCUT2D eigenvalue weighted by atomic mass is 10.0. The Kier molecular flexibility index (Phi) is 5.49. The van der Waals surface area contributed by atoms with Crippen LogP contribution in [0.4, 0.5) is 0 Å². The molecular formula is C15H23NO2. The molecule has 3 nitrogen and oxygen atoms in total. The molecule has 1 aromatic carbocycles. The number of hydrogen-bond acceptors (Lipinski definition) is 3. The second-order valence-electron chi connectivity index (χ2n) is 4.86. The van der Waals surface area contributed by atoms with Gasteiger partial charge in [0, 0.05) is 13.2 Å². The molecule has 2 rings (SSSR count). The molecule has 0 radical (unpaired) electrons. The van der Waals surface area contributed by atoms with Crippen molar-refractivity contribution in [2.75, 3.05) is 20.3 Å². The van der Waals surface area contributed by atoms with Crippen molar-refractivity contribution in [1.82, 2.24) is 5.32 Å². The van der Waals surface area contributed by atoms with E-state index >= 15 is 0 Å². The Morgan fingerprint density at radius 3 is 3.06 bits per heavy atom. The second kappa shape index (κ2) is 7.39. The molecule has 1 heterocycles. The van der Waals surface area contributed by atoms with Crippen molar-refractivity contribution >= 4 is 0 Å². The number of nitrogens with one attached hydrogen (secondary N) is 1. The Morgan fingerprint density at radius 1 is 1.33 bits per heavy atom. The van der Waals surface area contributed by atoms with Gasteiger partial charge in [0.25, 0.3) is 0 Å². The molecule has 0 spiro atoms. The summed E-state index contributed by atoms with van der Waals surface area (Å²) in [6.45, 7) is 2.59. The zero-order valence-corrected chi connectivity index (χ0v) is 11.2. The van der Waals surface area contributed by atoms with Crippen LogP contribution in [0.15, 0.2) is 24.3 Å². The third kappa shape index (κ3) is 4.31. The van der Waals surface area contributed by atoms with E-state index < -0.39 is 0 Å². The van der Waals surface area contributed by atoms with E-state index in [2.05, 4.69) is 17.4 Å². The Hall–Kier alpha value is -1.06. The lowest BCUT2D eigenvalue weighted by molar-refractivity contribution is 0.184. The van der Waals surface area contributed by atoms with Crippen LogP contribution in [-0.4, -0.2) is 26.3 Å². The Balaban J connectivity index is 1.73. The number of hydrogen-bond donors (Lipinski definition) is 1. The Bertz CT molecular complexity index is 348. The molecular weight excluding hydrogens is 226 g/mol. The molecule has 18 heavy (non-hydrogen) atoms. The summed E-state index contributed by atoms with van der Waals surface area (Å²) >= 11 is 0. The van der Waals surface area contributed by atoms with Crippen LogP contribution in [0.1, 0.15) is 31.2 Å². The van der Waals surface area contributed by atoms with Gasteiger partial charge in [-0.05, 0) is 43.5 Å². The van der Waals surface area contributed by atoms with Crippen LogP contribution in [0.2, 0.25) is 0 Å². The fourth-order valence-electron chi connectivity index (χ4n) is 2.38. The van der Waals surface area contributed by atoms with Crippen molar-refractivity contribution < 1.29 is 9.47 Å². The Labute approximate surface area is 109 Å². The van der Waals surface area contributed by atoms with Crippen LogP contribution in [0, 0.1) is 0 Å². The first-order chi connectivity index (χ1) is 8.88. The fourth-order valence-corrected chi connectivity index (χ4v) is 2.38. The summed E-state index contributed by atoms with van der Waals surface area (Å²) in [6.07, 6.45) is 5.04. The van der Waals surface area contributed by atoms with E-state index in [0.717, 1.165) is 30.9 Å². The highest BCUT2D eigenvalue weighted by Crippen LogP contribution is 2.15. The highest BCUT2D eigenvalue weighted by Gasteiger charge is 2.11. The zero-order valence-electron chi connectivity index (χ0n) is 11.2. The van der Waals surface area contributed by atoms with Crippen molar-refractivity contribution in [1.29, 1.82) is 0 Å². The fraction of sp³-hybridized carbons (Fsp3) is 0.600. The Morgan fingerprint density at radius 2 is 2.28 bits per heavy atom. The van der Waals surface area contributed by atoms with Crippen LogP contribution in [0.25, 0.3) is 0 Å². The first-order valence-electron chi connectivity index (χ1n) is 6.82. The van der Waals surface area contributed by atoms with Crippen LogP contribution in [0.3, 0.4) is 0 Å². The van der Waals surface area contributed by atoms with Gasteiger partial charge in [-0.15, -0.1) is 0 Å². The maximum atomic E-state index is 5.80. The molecule has 1 aromatic rings. The van der Waals surface area contributed by atoms with Gasteiger partial charge < -0.3 is 14.8 Å². The largest absolute Gasteiger partial charge is 0.494 e. The summed E-state index contributed by atoms with van der Waals surface area (Å²) in [5.74, 6) is 0.945. The van der Waals surface area contributed by atoms with Gasteiger partial charge in [-0.3, -0.25) is 0 Å². The molecule has 0 bridgehead atoms.